The Labute approximate surface area is 140 Å². The highest BCUT2D eigenvalue weighted by Gasteiger charge is 2.13. The first kappa shape index (κ1) is 16.0. The number of carboxylic acid groups (broad SMARTS) is 1. The number of pyridine rings is 1. The van der Waals surface area contributed by atoms with Crippen LogP contribution in [-0.4, -0.2) is 15.8 Å². The summed E-state index contributed by atoms with van der Waals surface area (Å²) in [5.74, 6) is 0. The summed E-state index contributed by atoms with van der Waals surface area (Å²) in [6.45, 7) is 5.91. The van der Waals surface area contributed by atoms with Crippen molar-refractivity contribution in [3.05, 3.63) is 80.6 Å². The molecule has 24 heavy (non-hydrogen) atoms. The number of hydrogen-bond donors (Lipinski definition) is 1. The summed E-state index contributed by atoms with van der Waals surface area (Å²) < 4.78 is 1.13. The average molecular weight is 321 g/mol. The first-order valence-electron chi connectivity index (χ1n) is 7.80. The fraction of sp³-hybridized carbons (Fsp3) is 0.200. The zero-order chi connectivity index (χ0) is 17.4. The first-order valence-corrected chi connectivity index (χ1v) is 7.80. The Hall–Kier alpha value is -2.88. The van der Waals surface area contributed by atoms with Crippen LogP contribution in [0.1, 0.15) is 27.8 Å². The Balaban J connectivity index is 2.22. The van der Waals surface area contributed by atoms with Gasteiger partial charge < -0.3 is 5.11 Å². The summed E-state index contributed by atoms with van der Waals surface area (Å²) >= 11 is 0. The van der Waals surface area contributed by atoms with Crippen LogP contribution in [0.3, 0.4) is 0 Å². The van der Waals surface area contributed by atoms with E-state index in [1.807, 2.05) is 39.0 Å². The summed E-state index contributed by atoms with van der Waals surface area (Å²) in [6.07, 6.45) is 0.768. The highest BCUT2D eigenvalue weighted by atomic mass is 16.4. The first-order chi connectivity index (χ1) is 11.3. The predicted molar refractivity (Wildman–Crippen MR) is 95.1 cm³/mol. The summed E-state index contributed by atoms with van der Waals surface area (Å²) in [5, 5.41) is 9.93. The molecule has 0 saturated heterocycles. The second-order valence-corrected chi connectivity index (χ2v) is 6.33. The van der Waals surface area contributed by atoms with Gasteiger partial charge in [-0.25, -0.2) is 4.79 Å². The van der Waals surface area contributed by atoms with Crippen LogP contribution in [0.2, 0.25) is 0 Å². The Morgan fingerprint density at radius 2 is 1.67 bits per heavy atom. The normalized spacial score (nSPS) is 11.0. The third kappa shape index (κ3) is 2.95. The summed E-state index contributed by atoms with van der Waals surface area (Å²) in [5.41, 5.74) is 4.99. The number of aromatic nitrogens is 1. The van der Waals surface area contributed by atoms with Crippen molar-refractivity contribution in [2.45, 2.75) is 27.2 Å². The zero-order valence-corrected chi connectivity index (χ0v) is 14.0. The maximum Gasteiger partial charge on any atom is 0.416 e. The van der Waals surface area contributed by atoms with Crippen LogP contribution in [0.25, 0.3) is 10.9 Å². The third-order valence-corrected chi connectivity index (χ3v) is 4.11. The zero-order valence-electron chi connectivity index (χ0n) is 14.0. The summed E-state index contributed by atoms with van der Waals surface area (Å²) in [7, 11) is 0. The van der Waals surface area contributed by atoms with Gasteiger partial charge in [0, 0.05) is 23.6 Å². The second kappa shape index (κ2) is 5.96. The molecular formula is C20H19NO3. The Bertz CT molecular complexity index is 995. The smallest absolute Gasteiger partial charge is 0.416 e. The number of hydrogen-bond acceptors (Lipinski definition) is 2. The van der Waals surface area contributed by atoms with Crippen LogP contribution in [0.5, 0.6) is 0 Å². The number of rotatable bonds is 2. The molecule has 1 N–H and O–H groups in total. The number of aryl methyl sites for hydroxylation is 3. The molecule has 122 valence electrons. The summed E-state index contributed by atoms with van der Waals surface area (Å²) in [4.78, 5) is 24.4. The molecule has 0 aliphatic carbocycles. The fourth-order valence-electron chi connectivity index (χ4n) is 3.17. The molecule has 0 spiro atoms. The number of nitrogens with zero attached hydrogens (tertiary/aromatic N) is 1. The van der Waals surface area contributed by atoms with E-state index in [9.17, 15) is 14.7 Å². The van der Waals surface area contributed by atoms with E-state index in [2.05, 4.69) is 6.07 Å². The molecule has 0 amide bonds. The van der Waals surface area contributed by atoms with Crippen molar-refractivity contribution in [3.8, 4) is 0 Å². The van der Waals surface area contributed by atoms with Crippen LogP contribution in [-0.2, 0) is 6.42 Å². The lowest BCUT2D eigenvalue weighted by molar-refractivity contribution is 0.197. The van der Waals surface area contributed by atoms with Gasteiger partial charge in [0.15, 0.2) is 5.43 Å². The molecule has 1 aromatic heterocycles. The predicted octanol–water partition coefficient (Wildman–Crippen LogP) is 4.04. The largest absolute Gasteiger partial charge is 0.464 e. The molecular weight excluding hydrogens is 302 g/mol. The van der Waals surface area contributed by atoms with E-state index >= 15 is 0 Å². The third-order valence-electron chi connectivity index (χ3n) is 4.11. The van der Waals surface area contributed by atoms with Crippen LogP contribution in [0.4, 0.5) is 4.79 Å². The fourth-order valence-corrected chi connectivity index (χ4v) is 3.17. The minimum Gasteiger partial charge on any atom is -0.464 e. The average Bonchev–Trinajstić information content (AvgIpc) is 2.49. The molecule has 0 unspecified atom stereocenters. The molecule has 0 saturated carbocycles. The molecule has 0 fully saturated rings. The van der Waals surface area contributed by atoms with E-state index < -0.39 is 6.09 Å². The van der Waals surface area contributed by atoms with Gasteiger partial charge in [0.1, 0.15) is 0 Å². The topological polar surface area (TPSA) is 59.3 Å². The van der Waals surface area contributed by atoms with E-state index in [-0.39, 0.29) is 5.43 Å². The lowest BCUT2D eigenvalue weighted by Crippen LogP contribution is -2.19. The van der Waals surface area contributed by atoms with E-state index in [1.165, 1.54) is 6.20 Å². The Morgan fingerprint density at radius 3 is 2.29 bits per heavy atom. The molecule has 0 bridgehead atoms. The van der Waals surface area contributed by atoms with Gasteiger partial charge in [-0.2, -0.15) is 0 Å². The van der Waals surface area contributed by atoms with Crippen LogP contribution in [0.15, 0.2) is 47.4 Å². The van der Waals surface area contributed by atoms with Crippen molar-refractivity contribution in [2.75, 3.05) is 0 Å². The van der Waals surface area contributed by atoms with Crippen LogP contribution in [0, 0.1) is 20.8 Å². The van der Waals surface area contributed by atoms with Gasteiger partial charge in [-0.15, -0.1) is 0 Å². The number of benzene rings is 2. The van der Waals surface area contributed by atoms with Crippen molar-refractivity contribution in [1.82, 2.24) is 4.57 Å². The van der Waals surface area contributed by atoms with Gasteiger partial charge >= 0.3 is 6.09 Å². The van der Waals surface area contributed by atoms with Gasteiger partial charge in [0.2, 0.25) is 0 Å². The lowest BCUT2D eigenvalue weighted by atomic mass is 10.00. The van der Waals surface area contributed by atoms with Gasteiger partial charge in [-0.05, 0) is 38.5 Å². The van der Waals surface area contributed by atoms with Crippen molar-refractivity contribution >= 4 is 17.0 Å². The highest BCUT2D eigenvalue weighted by Crippen LogP contribution is 2.17. The minimum absolute atomic E-state index is 0.106. The molecule has 0 aliphatic heterocycles. The van der Waals surface area contributed by atoms with E-state index in [4.69, 9.17) is 0 Å². The molecule has 4 nitrogen and oxygen atoms in total. The SMILES string of the molecule is Cc1cc(C)cc(Cc2cn(C(=O)O)c3ccc(C)cc3c2=O)c1. The van der Waals surface area contributed by atoms with Gasteiger partial charge in [0.05, 0.1) is 5.52 Å². The quantitative estimate of drug-likeness (QED) is 0.775. The van der Waals surface area contributed by atoms with Crippen molar-refractivity contribution < 1.29 is 9.90 Å². The molecule has 3 aromatic rings. The second-order valence-electron chi connectivity index (χ2n) is 6.33. The van der Waals surface area contributed by atoms with E-state index in [0.29, 0.717) is 22.9 Å². The van der Waals surface area contributed by atoms with Crippen LogP contribution < -0.4 is 5.43 Å². The Kier molecular flexibility index (Phi) is 3.97. The van der Waals surface area contributed by atoms with Crippen molar-refractivity contribution in [3.63, 3.8) is 0 Å². The van der Waals surface area contributed by atoms with E-state index in [0.717, 1.165) is 26.8 Å². The van der Waals surface area contributed by atoms with Gasteiger partial charge in [-0.3, -0.25) is 9.36 Å². The molecule has 4 heteroatoms. The highest BCUT2D eigenvalue weighted by molar-refractivity contribution is 5.88. The minimum atomic E-state index is -1.09. The monoisotopic (exact) mass is 321 g/mol. The summed E-state index contributed by atoms with van der Waals surface area (Å²) in [6, 6.07) is 11.4. The number of carbonyl (C=O) groups is 1. The van der Waals surface area contributed by atoms with Crippen molar-refractivity contribution in [1.29, 1.82) is 0 Å². The van der Waals surface area contributed by atoms with Crippen molar-refractivity contribution in [2.24, 2.45) is 0 Å². The molecule has 0 atom stereocenters. The maximum absolute atomic E-state index is 12.8. The van der Waals surface area contributed by atoms with E-state index in [1.54, 1.807) is 12.1 Å². The standard InChI is InChI=1S/C20H19NO3/c1-12-4-5-18-17(9-12)19(22)16(11-21(18)20(23)24)10-15-7-13(2)6-14(3)8-15/h4-9,11H,10H2,1-3H3,(H,23,24). The van der Waals surface area contributed by atoms with Crippen LogP contribution >= 0.6 is 0 Å². The van der Waals surface area contributed by atoms with Gasteiger partial charge in [-0.1, -0.05) is 41.0 Å². The molecule has 1 heterocycles. The number of fused-ring (bicyclic) bond motifs is 1. The lowest BCUT2D eigenvalue weighted by Gasteiger charge is -2.11. The molecule has 2 aromatic carbocycles. The Morgan fingerprint density at radius 1 is 1.00 bits per heavy atom. The molecule has 0 aliphatic rings. The molecule has 3 rings (SSSR count). The molecule has 0 radical (unpaired) electrons. The van der Waals surface area contributed by atoms with Gasteiger partial charge in [0.25, 0.3) is 0 Å². The maximum atomic E-state index is 12.8.